The van der Waals surface area contributed by atoms with Crippen LogP contribution in [0.2, 0.25) is 34.8 Å². The van der Waals surface area contributed by atoms with Gasteiger partial charge in [-0.3, -0.25) is 4.79 Å². The van der Waals surface area contributed by atoms with Crippen LogP contribution in [-0.2, 0) is 18.4 Å². The summed E-state index contributed by atoms with van der Waals surface area (Å²) in [5, 5.41) is 0.0898. The smallest absolute Gasteiger partial charge is 0.201 e. The molecular weight excluding hydrogens is 477 g/mol. The lowest BCUT2D eigenvalue weighted by atomic mass is 10.0. The van der Waals surface area contributed by atoms with E-state index in [2.05, 4.69) is 87.5 Å². The molecule has 0 radical (unpaired) electrons. The fourth-order valence-corrected chi connectivity index (χ4v) is 12.5. The molecule has 3 atom stereocenters. The van der Waals surface area contributed by atoms with Gasteiger partial charge in [0.2, 0.25) is 8.32 Å². The highest BCUT2D eigenvalue weighted by atomic mass is 32.2. The van der Waals surface area contributed by atoms with Crippen LogP contribution in [0.25, 0.3) is 0 Å². The summed E-state index contributed by atoms with van der Waals surface area (Å²) < 4.78 is 20.2. The zero-order chi connectivity index (χ0) is 25.9. The summed E-state index contributed by atoms with van der Waals surface area (Å²) in [4.78, 5) is 14.7. The predicted octanol–water partition coefficient (Wildman–Crippen LogP) is 8.05. The molecule has 4 nitrogen and oxygen atoms in total. The summed E-state index contributed by atoms with van der Waals surface area (Å²) in [6.07, 6.45) is -0.587. The summed E-state index contributed by atoms with van der Waals surface area (Å²) in [6, 6.07) is 10.2. The minimum Gasteiger partial charge on any atom is -0.414 e. The number of ether oxygens (including phenoxy) is 1. The first kappa shape index (κ1) is 29.8. The third-order valence-electron chi connectivity index (χ3n) is 7.81. The Morgan fingerprint density at radius 2 is 1.53 bits per heavy atom. The van der Waals surface area contributed by atoms with E-state index in [-0.39, 0.29) is 22.4 Å². The second kappa shape index (κ2) is 11.7. The van der Waals surface area contributed by atoms with Gasteiger partial charge in [-0.05, 0) is 46.9 Å². The fourth-order valence-electron chi connectivity index (χ4n) is 4.93. The lowest BCUT2D eigenvalue weighted by molar-refractivity contribution is -0.151. The van der Waals surface area contributed by atoms with Crippen molar-refractivity contribution in [1.82, 2.24) is 0 Å². The van der Waals surface area contributed by atoms with E-state index in [0.717, 1.165) is 4.90 Å². The maximum Gasteiger partial charge on any atom is 0.201 e. The molecule has 1 aliphatic heterocycles. The van der Waals surface area contributed by atoms with Gasteiger partial charge in [0.25, 0.3) is 0 Å². The van der Waals surface area contributed by atoms with Crippen molar-refractivity contribution in [1.29, 1.82) is 0 Å². The van der Waals surface area contributed by atoms with Gasteiger partial charge in [0, 0.05) is 11.3 Å². The van der Waals surface area contributed by atoms with E-state index in [1.807, 2.05) is 18.2 Å². The fraction of sp³-hybridized carbons (Fsp3) is 0.741. The van der Waals surface area contributed by atoms with Crippen molar-refractivity contribution in [2.45, 2.75) is 126 Å². The standard InChI is InChI=1S/C27H48O4SSi2/c1-19(2)34(20(3)4,21(5)6)31-26-23(28)17-25(32-22-15-13-12-14-16-22)30-24(26)18-29-33(10,11)27(7,8)9/h12-16,19-21,24-26H,17-18H2,1-11H3/t24-,25-,26+/m1/s1. The minimum absolute atomic E-state index is 0.0898. The molecule has 0 aliphatic carbocycles. The number of hydrogen-bond acceptors (Lipinski definition) is 5. The van der Waals surface area contributed by atoms with Crippen molar-refractivity contribution < 1.29 is 18.4 Å². The number of rotatable bonds is 10. The number of ketones is 1. The van der Waals surface area contributed by atoms with Crippen LogP contribution in [0.4, 0.5) is 0 Å². The molecule has 0 N–H and O–H groups in total. The van der Waals surface area contributed by atoms with Crippen molar-refractivity contribution in [3.63, 3.8) is 0 Å². The highest BCUT2D eigenvalue weighted by molar-refractivity contribution is 7.99. The first-order valence-electron chi connectivity index (χ1n) is 12.8. The van der Waals surface area contributed by atoms with Crippen LogP contribution in [0.15, 0.2) is 35.2 Å². The monoisotopic (exact) mass is 524 g/mol. The van der Waals surface area contributed by atoms with Crippen molar-refractivity contribution in [2.24, 2.45) is 0 Å². The Morgan fingerprint density at radius 3 is 2.00 bits per heavy atom. The molecule has 1 aromatic rings. The Labute approximate surface area is 215 Å². The number of Topliss-reactive ketones (excluding diaryl/α,β-unsaturated/α-hetero) is 1. The molecule has 34 heavy (non-hydrogen) atoms. The molecule has 1 heterocycles. The zero-order valence-electron chi connectivity index (χ0n) is 23.3. The summed E-state index contributed by atoms with van der Waals surface area (Å²) in [7, 11) is -4.26. The largest absolute Gasteiger partial charge is 0.414 e. The number of thioether (sulfide) groups is 1. The molecule has 0 aromatic heterocycles. The van der Waals surface area contributed by atoms with Gasteiger partial charge in [0.05, 0.1) is 6.61 Å². The molecule has 1 aromatic carbocycles. The van der Waals surface area contributed by atoms with Gasteiger partial charge < -0.3 is 13.6 Å². The third-order valence-corrected chi connectivity index (χ3v) is 19.5. The highest BCUT2D eigenvalue weighted by Crippen LogP contribution is 2.45. The molecule has 7 heteroatoms. The van der Waals surface area contributed by atoms with E-state index < -0.39 is 22.7 Å². The van der Waals surface area contributed by atoms with Gasteiger partial charge in [-0.1, -0.05) is 92.3 Å². The Kier molecular flexibility index (Phi) is 10.3. The van der Waals surface area contributed by atoms with Crippen molar-refractivity contribution in [3.8, 4) is 0 Å². The Bertz CT molecular complexity index is 768. The van der Waals surface area contributed by atoms with Crippen LogP contribution < -0.4 is 0 Å². The topological polar surface area (TPSA) is 44.8 Å². The van der Waals surface area contributed by atoms with Gasteiger partial charge in [-0.2, -0.15) is 0 Å². The first-order chi connectivity index (χ1) is 15.6. The maximum absolute atomic E-state index is 13.6. The average Bonchev–Trinajstić information content (AvgIpc) is 2.70. The van der Waals surface area contributed by atoms with E-state index >= 15 is 0 Å². The van der Waals surface area contributed by atoms with Crippen LogP contribution in [-0.4, -0.2) is 46.7 Å². The number of carbonyl (C=O) groups excluding carboxylic acids is 1. The van der Waals surface area contributed by atoms with E-state index in [1.165, 1.54) is 0 Å². The molecule has 0 spiro atoms. The second-order valence-electron chi connectivity index (χ2n) is 12.1. The number of hydrogen-bond donors (Lipinski definition) is 0. The second-order valence-corrected chi connectivity index (χ2v) is 23.6. The number of carbonyl (C=O) groups is 1. The lowest BCUT2D eigenvalue weighted by Crippen LogP contribution is -2.58. The Balaban J connectivity index is 2.34. The van der Waals surface area contributed by atoms with E-state index in [1.54, 1.807) is 11.8 Å². The molecule has 1 fully saturated rings. The molecule has 1 saturated heterocycles. The summed E-state index contributed by atoms with van der Waals surface area (Å²) in [6.45, 7) is 25.2. The van der Waals surface area contributed by atoms with Crippen LogP contribution in [0, 0.1) is 0 Å². The van der Waals surface area contributed by atoms with E-state index in [9.17, 15) is 4.79 Å². The molecule has 0 amide bonds. The summed E-state index contributed by atoms with van der Waals surface area (Å²) >= 11 is 1.62. The molecule has 194 valence electrons. The Hall–Kier alpha value is -0.446. The van der Waals surface area contributed by atoms with Gasteiger partial charge in [-0.25, -0.2) is 0 Å². The zero-order valence-corrected chi connectivity index (χ0v) is 26.1. The predicted molar refractivity (Wildman–Crippen MR) is 150 cm³/mol. The van der Waals surface area contributed by atoms with Crippen LogP contribution >= 0.6 is 11.8 Å². The van der Waals surface area contributed by atoms with Crippen LogP contribution in [0.1, 0.15) is 68.7 Å². The third kappa shape index (κ3) is 6.85. The van der Waals surface area contributed by atoms with Crippen LogP contribution in [0.5, 0.6) is 0 Å². The van der Waals surface area contributed by atoms with Crippen molar-refractivity contribution in [2.75, 3.05) is 6.61 Å². The quantitative estimate of drug-likeness (QED) is 0.290. The molecule has 1 aliphatic rings. The molecule has 0 unspecified atom stereocenters. The van der Waals surface area contributed by atoms with E-state index in [4.69, 9.17) is 13.6 Å². The summed E-state index contributed by atoms with van der Waals surface area (Å²) in [5.41, 5.74) is 0.979. The molecular formula is C27H48O4SSi2. The van der Waals surface area contributed by atoms with Gasteiger partial charge in [-0.15, -0.1) is 0 Å². The van der Waals surface area contributed by atoms with Gasteiger partial charge in [0.15, 0.2) is 14.1 Å². The summed E-state index contributed by atoms with van der Waals surface area (Å²) in [5.74, 6) is 0.155. The van der Waals surface area contributed by atoms with Gasteiger partial charge in [0.1, 0.15) is 17.6 Å². The lowest BCUT2D eigenvalue weighted by Gasteiger charge is -2.47. The molecule has 0 saturated carbocycles. The Morgan fingerprint density at radius 1 is 1.00 bits per heavy atom. The molecule has 2 rings (SSSR count). The average molecular weight is 525 g/mol. The van der Waals surface area contributed by atoms with Crippen molar-refractivity contribution >= 4 is 34.2 Å². The normalized spacial score (nSPS) is 22.8. The van der Waals surface area contributed by atoms with Crippen LogP contribution in [0.3, 0.4) is 0 Å². The maximum atomic E-state index is 13.6. The molecule has 0 bridgehead atoms. The minimum atomic E-state index is -2.26. The first-order valence-corrected chi connectivity index (χ1v) is 18.8. The van der Waals surface area contributed by atoms with Crippen molar-refractivity contribution in [3.05, 3.63) is 30.3 Å². The highest BCUT2D eigenvalue weighted by Gasteiger charge is 2.51. The van der Waals surface area contributed by atoms with E-state index in [0.29, 0.717) is 29.7 Å². The van der Waals surface area contributed by atoms with Gasteiger partial charge >= 0.3 is 0 Å². The number of benzene rings is 1. The SMILES string of the molecule is CC(C)[Si](O[C@H]1C(=O)C[C@@H](Sc2ccccc2)O[C@@H]1CO[Si](C)(C)C(C)(C)C)(C(C)C)C(C)C.